The van der Waals surface area contributed by atoms with Gasteiger partial charge in [0.25, 0.3) is 5.91 Å². The van der Waals surface area contributed by atoms with E-state index in [4.69, 9.17) is 4.42 Å². The molecule has 5 nitrogen and oxygen atoms in total. The van der Waals surface area contributed by atoms with Crippen molar-refractivity contribution in [3.63, 3.8) is 0 Å². The van der Waals surface area contributed by atoms with Gasteiger partial charge in [0.05, 0.1) is 0 Å². The van der Waals surface area contributed by atoms with Crippen molar-refractivity contribution in [3.05, 3.63) is 88.6 Å². The third kappa shape index (κ3) is 3.50. The molecule has 0 radical (unpaired) electrons. The van der Waals surface area contributed by atoms with Crippen LogP contribution in [0.15, 0.2) is 82.0 Å². The first-order valence-electron chi connectivity index (χ1n) is 9.12. The maximum atomic E-state index is 12.6. The van der Waals surface area contributed by atoms with E-state index in [0.717, 1.165) is 11.1 Å². The summed E-state index contributed by atoms with van der Waals surface area (Å²) >= 11 is 0. The van der Waals surface area contributed by atoms with Gasteiger partial charge < -0.3 is 14.4 Å². The minimum atomic E-state index is -0.305. The minimum absolute atomic E-state index is 0.0867. The summed E-state index contributed by atoms with van der Waals surface area (Å²) in [6, 6.07) is 21.0. The summed E-state index contributed by atoms with van der Waals surface area (Å²) in [6.45, 7) is 0. The van der Waals surface area contributed by atoms with E-state index in [1.807, 2.05) is 30.3 Å². The van der Waals surface area contributed by atoms with Crippen molar-refractivity contribution in [2.45, 2.75) is 0 Å². The van der Waals surface area contributed by atoms with Crippen LogP contribution in [-0.4, -0.2) is 30.0 Å². The van der Waals surface area contributed by atoms with E-state index in [2.05, 4.69) is 0 Å². The molecule has 5 heteroatoms. The molecule has 1 amide bonds. The zero-order valence-electron chi connectivity index (χ0n) is 16.0. The van der Waals surface area contributed by atoms with Gasteiger partial charge in [-0.25, -0.2) is 0 Å². The highest BCUT2D eigenvalue weighted by Crippen LogP contribution is 2.32. The molecule has 0 fully saturated rings. The van der Waals surface area contributed by atoms with Gasteiger partial charge in [0, 0.05) is 31.3 Å². The van der Waals surface area contributed by atoms with Crippen LogP contribution in [0.4, 0.5) is 0 Å². The second-order valence-corrected chi connectivity index (χ2v) is 6.99. The van der Waals surface area contributed by atoms with Crippen LogP contribution in [0.3, 0.4) is 0 Å². The Balaban J connectivity index is 1.82. The average Bonchev–Trinajstić information content (AvgIpc) is 2.73. The first-order chi connectivity index (χ1) is 13.9. The van der Waals surface area contributed by atoms with Crippen molar-refractivity contribution in [3.8, 4) is 28.2 Å². The number of carbonyl (C=O) groups excluding carboxylic acids is 1. The zero-order chi connectivity index (χ0) is 20.5. The number of phenolic OH excluding ortho intramolecular Hbond substituents is 1. The molecule has 0 unspecified atom stereocenters. The summed E-state index contributed by atoms with van der Waals surface area (Å²) in [6.07, 6.45) is 0. The Morgan fingerprint density at radius 3 is 2.21 bits per heavy atom. The van der Waals surface area contributed by atoms with E-state index in [0.29, 0.717) is 22.5 Å². The molecule has 0 saturated heterocycles. The van der Waals surface area contributed by atoms with Gasteiger partial charge in [0.15, 0.2) is 5.43 Å². The summed E-state index contributed by atoms with van der Waals surface area (Å²) in [5.41, 5.74) is 2.84. The Labute approximate surface area is 167 Å². The molecule has 0 bridgehead atoms. The third-order valence-electron chi connectivity index (χ3n) is 4.74. The number of rotatable bonds is 3. The van der Waals surface area contributed by atoms with E-state index in [-0.39, 0.29) is 22.5 Å². The fraction of sp³-hybridized carbons (Fsp3) is 0.0833. The summed E-state index contributed by atoms with van der Waals surface area (Å²) in [5, 5.41) is 10.6. The molecular weight excluding hydrogens is 366 g/mol. The van der Waals surface area contributed by atoms with Gasteiger partial charge >= 0.3 is 0 Å². The summed E-state index contributed by atoms with van der Waals surface area (Å²) < 4.78 is 5.94. The van der Waals surface area contributed by atoms with E-state index in [9.17, 15) is 14.7 Å². The molecule has 4 aromatic rings. The lowest BCUT2D eigenvalue weighted by atomic mass is 10.0. The Morgan fingerprint density at radius 1 is 0.862 bits per heavy atom. The predicted molar refractivity (Wildman–Crippen MR) is 113 cm³/mol. The van der Waals surface area contributed by atoms with Gasteiger partial charge in [-0.2, -0.15) is 0 Å². The van der Waals surface area contributed by atoms with Gasteiger partial charge in [-0.15, -0.1) is 0 Å². The average molecular weight is 385 g/mol. The molecule has 0 saturated carbocycles. The zero-order valence-corrected chi connectivity index (χ0v) is 16.0. The van der Waals surface area contributed by atoms with Crippen molar-refractivity contribution in [1.29, 1.82) is 0 Å². The maximum absolute atomic E-state index is 12.6. The number of hydrogen-bond donors (Lipinski definition) is 1. The lowest BCUT2D eigenvalue weighted by Gasteiger charge is -2.11. The number of fused-ring (bicyclic) bond motifs is 1. The van der Waals surface area contributed by atoms with Crippen LogP contribution in [0.1, 0.15) is 10.4 Å². The molecule has 0 spiro atoms. The van der Waals surface area contributed by atoms with Gasteiger partial charge in [-0.05, 0) is 35.4 Å². The van der Waals surface area contributed by atoms with Crippen LogP contribution < -0.4 is 5.43 Å². The SMILES string of the molecule is CN(C)C(=O)c1ccc(-c2cc(O)c3c(=O)cc(-c4ccccc4)oc3c2)cc1. The quantitative estimate of drug-likeness (QED) is 0.562. The van der Waals surface area contributed by atoms with E-state index < -0.39 is 0 Å². The molecule has 4 rings (SSSR count). The molecule has 1 heterocycles. The number of phenols is 1. The predicted octanol–water partition coefficient (Wildman–Crippen LogP) is 4.53. The molecular formula is C24H19NO4. The largest absolute Gasteiger partial charge is 0.507 e. The van der Waals surface area contributed by atoms with Crippen LogP contribution in [0.2, 0.25) is 0 Å². The summed E-state index contributed by atoms with van der Waals surface area (Å²) in [5.74, 6) is 0.210. The molecule has 0 aliphatic rings. The highest BCUT2D eigenvalue weighted by Gasteiger charge is 2.14. The standard InChI is InChI=1S/C24H19NO4/c1-25(2)24(28)17-10-8-15(9-11-17)18-12-19(26)23-20(27)14-21(29-22(23)13-18)16-6-4-3-5-7-16/h3-14,26H,1-2H3. The minimum Gasteiger partial charge on any atom is -0.507 e. The van der Waals surface area contributed by atoms with Gasteiger partial charge in [0.2, 0.25) is 0 Å². The van der Waals surface area contributed by atoms with Crippen LogP contribution in [0.5, 0.6) is 5.75 Å². The molecule has 3 aromatic carbocycles. The molecule has 1 aromatic heterocycles. The fourth-order valence-electron chi connectivity index (χ4n) is 3.24. The van der Waals surface area contributed by atoms with Crippen LogP contribution >= 0.6 is 0 Å². The highest BCUT2D eigenvalue weighted by atomic mass is 16.3. The van der Waals surface area contributed by atoms with Crippen LogP contribution in [0.25, 0.3) is 33.4 Å². The molecule has 0 atom stereocenters. The lowest BCUT2D eigenvalue weighted by Crippen LogP contribution is -2.21. The molecule has 0 aliphatic carbocycles. The van der Waals surface area contributed by atoms with Crippen molar-refractivity contribution in [1.82, 2.24) is 4.90 Å². The van der Waals surface area contributed by atoms with Crippen molar-refractivity contribution in [2.75, 3.05) is 14.1 Å². The maximum Gasteiger partial charge on any atom is 0.253 e. The second kappa shape index (κ2) is 7.28. The van der Waals surface area contributed by atoms with Crippen molar-refractivity contribution >= 4 is 16.9 Å². The van der Waals surface area contributed by atoms with E-state index >= 15 is 0 Å². The molecule has 144 valence electrons. The normalized spacial score (nSPS) is 10.8. The number of benzene rings is 3. The molecule has 0 aliphatic heterocycles. The number of carbonyl (C=O) groups is 1. The Morgan fingerprint density at radius 2 is 1.55 bits per heavy atom. The van der Waals surface area contributed by atoms with Crippen LogP contribution in [-0.2, 0) is 0 Å². The smallest absolute Gasteiger partial charge is 0.253 e. The van der Waals surface area contributed by atoms with E-state index in [1.54, 1.807) is 44.4 Å². The summed E-state index contributed by atoms with van der Waals surface area (Å²) in [7, 11) is 3.40. The Kier molecular flexibility index (Phi) is 4.64. The van der Waals surface area contributed by atoms with Crippen molar-refractivity contribution in [2.24, 2.45) is 0 Å². The fourth-order valence-corrected chi connectivity index (χ4v) is 3.24. The number of nitrogens with zero attached hydrogens (tertiary/aromatic N) is 1. The molecule has 1 N–H and O–H groups in total. The van der Waals surface area contributed by atoms with Gasteiger partial charge in [-0.1, -0.05) is 42.5 Å². The third-order valence-corrected chi connectivity index (χ3v) is 4.74. The first-order valence-corrected chi connectivity index (χ1v) is 9.12. The van der Waals surface area contributed by atoms with Gasteiger partial charge in [-0.3, -0.25) is 9.59 Å². The Hall–Kier alpha value is -3.86. The molecule has 29 heavy (non-hydrogen) atoms. The Bertz CT molecular complexity index is 1260. The first kappa shape index (κ1) is 18.5. The highest BCUT2D eigenvalue weighted by molar-refractivity contribution is 5.95. The monoisotopic (exact) mass is 385 g/mol. The number of aromatic hydroxyl groups is 1. The van der Waals surface area contributed by atoms with Crippen molar-refractivity contribution < 1.29 is 14.3 Å². The topological polar surface area (TPSA) is 70.8 Å². The second-order valence-electron chi connectivity index (χ2n) is 6.99. The summed E-state index contributed by atoms with van der Waals surface area (Å²) in [4.78, 5) is 26.1. The number of amides is 1. The lowest BCUT2D eigenvalue weighted by molar-refractivity contribution is 0.0827. The van der Waals surface area contributed by atoms with Crippen LogP contribution in [0, 0.1) is 0 Å². The van der Waals surface area contributed by atoms with E-state index in [1.165, 1.54) is 17.0 Å². The van der Waals surface area contributed by atoms with Gasteiger partial charge in [0.1, 0.15) is 22.5 Å². The number of hydrogen-bond acceptors (Lipinski definition) is 4.